The highest BCUT2D eigenvalue weighted by atomic mass is 14.9. The number of hydrogen-bond donors (Lipinski definition) is 1. The van der Waals surface area contributed by atoms with E-state index in [1.165, 1.54) is 64.2 Å². The molecule has 2 unspecified atom stereocenters. The molecule has 18 heavy (non-hydrogen) atoms. The smallest absolute Gasteiger partial charge is 0.0126 e. The molecule has 0 saturated heterocycles. The van der Waals surface area contributed by atoms with E-state index in [0.29, 0.717) is 5.41 Å². The molecule has 2 saturated carbocycles. The second-order valence-electron chi connectivity index (χ2n) is 7.41. The van der Waals surface area contributed by atoms with Gasteiger partial charge in [-0.25, -0.2) is 0 Å². The zero-order chi connectivity index (χ0) is 13.0. The van der Waals surface area contributed by atoms with E-state index < -0.39 is 0 Å². The minimum absolute atomic E-state index is 0.554. The fourth-order valence-electron chi connectivity index (χ4n) is 4.62. The fourth-order valence-corrected chi connectivity index (χ4v) is 4.62. The van der Waals surface area contributed by atoms with Gasteiger partial charge in [0.05, 0.1) is 0 Å². The van der Waals surface area contributed by atoms with Crippen molar-refractivity contribution in [3.63, 3.8) is 0 Å². The zero-order valence-corrected chi connectivity index (χ0v) is 12.8. The van der Waals surface area contributed by atoms with Crippen molar-refractivity contribution in [2.75, 3.05) is 7.05 Å². The van der Waals surface area contributed by atoms with E-state index in [0.717, 1.165) is 17.9 Å². The predicted molar refractivity (Wildman–Crippen MR) is 79.8 cm³/mol. The molecule has 2 atom stereocenters. The molecule has 0 amide bonds. The molecule has 2 aliphatic rings. The average molecular weight is 251 g/mol. The van der Waals surface area contributed by atoms with E-state index in [2.05, 4.69) is 26.2 Å². The van der Waals surface area contributed by atoms with Gasteiger partial charge < -0.3 is 5.32 Å². The molecule has 0 aromatic heterocycles. The van der Waals surface area contributed by atoms with E-state index in [1.54, 1.807) is 0 Å². The molecule has 1 nitrogen and oxygen atoms in total. The van der Waals surface area contributed by atoms with Gasteiger partial charge in [0, 0.05) is 6.04 Å². The average Bonchev–Trinajstić information content (AvgIpc) is 2.61. The van der Waals surface area contributed by atoms with Crippen LogP contribution in [0.1, 0.15) is 78.1 Å². The van der Waals surface area contributed by atoms with Crippen molar-refractivity contribution in [3.8, 4) is 0 Å². The number of nitrogens with one attached hydrogen (secondary N) is 1. The molecule has 1 N–H and O–H groups in total. The number of hydrogen-bond acceptors (Lipinski definition) is 1. The van der Waals surface area contributed by atoms with E-state index in [4.69, 9.17) is 0 Å². The van der Waals surface area contributed by atoms with Crippen molar-refractivity contribution in [1.29, 1.82) is 0 Å². The van der Waals surface area contributed by atoms with Crippen LogP contribution in [-0.4, -0.2) is 13.1 Å². The van der Waals surface area contributed by atoms with E-state index >= 15 is 0 Å². The van der Waals surface area contributed by atoms with Gasteiger partial charge in [-0.3, -0.25) is 0 Å². The van der Waals surface area contributed by atoms with Crippen LogP contribution >= 0.6 is 0 Å². The van der Waals surface area contributed by atoms with Crippen molar-refractivity contribution >= 4 is 0 Å². The van der Waals surface area contributed by atoms with Crippen molar-refractivity contribution < 1.29 is 0 Å². The molecule has 106 valence electrons. The van der Waals surface area contributed by atoms with Crippen LogP contribution in [0.3, 0.4) is 0 Å². The van der Waals surface area contributed by atoms with Crippen molar-refractivity contribution in [1.82, 2.24) is 5.32 Å². The van der Waals surface area contributed by atoms with Gasteiger partial charge in [0.2, 0.25) is 0 Å². The van der Waals surface area contributed by atoms with Crippen molar-refractivity contribution in [2.24, 2.45) is 17.3 Å². The summed E-state index contributed by atoms with van der Waals surface area (Å²) in [5.41, 5.74) is 0.554. The molecule has 2 aliphatic carbocycles. The third-order valence-corrected chi connectivity index (χ3v) is 5.76. The lowest BCUT2D eigenvalue weighted by Crippen LogP contribution is -2.47. The molecule has 2 rings (SSSR count). The molecule has 0 aromatic carbocycles. The summed E-state index contributed by atoms with van der Waals surface area (Å²) >= 11 is 0. The van der Waals surface area contributed by atoms with E-state index in [9.17, 15) is 0 Å². The van der Waals surface area contributed by atoms with Crippen molar-refractivity contribution in [2.45, 2.75) is 84.1 Å². The molecular formula is C17H33N. The summed E-state index contributed by atoms with van der Waals surface area (Å²) in [6, 6.07) is 0.776. The Kier molecular flexibility index (Phi) is 5.12. The molecule has 0 aliphatic heterocycles. The molecule has 0 aromatic rings. The lowest BCUT2D eigenvalue weighted by molar-refractivity contribution is 0.0723. The molecule has 0 heterocycles. The quantitative estimate of drug-likeness (QED) is 0.713. The van der Waals surface area contributed by atoms with Crippen LogP contribution in [0.5, 0.6) is 0 Å². The van der Waals surface area contributed by atoms with Crippen LogP contribution in [-0.2, 0) is 0 Å². The Morgan fingerprint density at radius 2 is 1.50 bits per heavy atom. The molecule has 0 radical (unpaired) electrons. The summed E-state index contributed by atoms with van der Waals surface area (Å²) in [4.78, 5) is 0. The Labute approximate surface area is 114 Å². The van der Waals surface area contributed by atoms with Gasteiger partial charge in [-0.15, -0.1) is 0 Å². The highest BCUT2D eigenvalue weighted by Gasteiger charge is 2.39. The first kappa shape index (κ1) is 14.4. The first-order chi connectivity index (χ1) is 8.65. The molecule has 0 bridgehead atoms. The first-order valence-corrected chi connectivity index (χ1v) is 8.32. The first-order valence-electron chi connectivity index (χ1n) is 8.32. The number of rotatable bonds is 3. The van der Waals surface area contributed by atoms with Gasteiger partial charge in [-0.2, -0.15) is 0 Å². The Morgan fingerprint density at radius 1 is 0.889 bits per heavy atom. The highest BCUT2D eigenvalue weighted by molar-refractivity contribution is 4.93. The molecule has 1 heteroatoms. The van der Waals surface area contributed by atoms with E-state index in [1.807, 2.05) is 0 Å². The maximum atomic E-state index is 3.72. The van der Waals surface area contributed by atoms with Gasteiger partial charge in [0.1, 0.15) is 0 Å². The van der Waals surface area contributed by atoms with Crippen LogP contribution in [0.25, 0.3) is 0 Å². The van der Waals surface area contributed by atoms with Crippen LogP contribution in [0, 0.1) is 17.3 Å². The van der Waals surface area contributed by atoms with Gasteiger partial charge >= 0.3 is 0 Å². The monoisotopic (exact) mass is 251 g/mol. The van der Waals surface area contributed by atoms with Crippen LogP contribution < -0.4 is 5.32 Å². The fraction of sp³-hybridized carbons (Fsp3) is 1.00. The maximum Gasteiger partial charge on any atom is 0.0126 e. The minimum atomic E-state index is 0.554. The van der Waals surface area contributed by atoms with Crippen LogP contribution in [0.2, 0.25) is 0 Å². The molecule has 0 spiro atoms. The minimum Gasteiger partial charge on any atom is -0.316 e. The second-order valence-corrected chi connectivity index (χ2v) is 7.41. The third-order valence-electron chi connectivity index (χ3n) is 5.76. The summed E-state index contributed by atoms with van der Waals surface area (Å²) in [5.74, 6) is 1.85. The standard InChI is InChI=1S/C17H33N/c1-17(2)13-9-8-12-15(17)16(18-3)14-10-6-4-5-7-11-14/h14-16,18H,4-13H2,1-3H3. The van der Waals surface area contributed by atoms with Crippen LogP contribution in [0.15, 0.2) is 0 Å². The molecule has 2 fully saturated rings. The van der Waals surface area contributed by atoms with Gasteiger partial charge in [0.25, 0.3) is 0 Å². The third kappa shape index (κ3) is 3.29. The lowest BCUT2D eigenvalue weighted by atomic mass is 9.63. The van der Waals surface area contributed by atoms with Gasteiger partial charge in [-0.1, -0.05) is 52.4 Å². The SMILES string of the molecule is CNC(C1CCCCCC1)C1CCCCC1(C)C. The summed E-state index contributed by atoms with van der Waals surface area (Å²) in [6.45, 7) is 5.02. The topological polar surface area (TPSA) is 12.0 Å². The van der Waals surface area contributed by atoms with E-state index in [-0.39, 0.29) is 0 Å². The summed E-state index contributed by atoms with van der Waals surface area (Å²) in [5, 5.41) is 3.72. The van der Waals surface area contributed by atoms with Crippen molar-refractivity contribution in [3.05, 3.63) is 0 Å². The normalized spacial score (nSPS) is 31.8. The summed E-state index contributed by atoms with van der Waals surface area (Å²) < 4.78 is 0. The van der Waals surface area contributed by atoms with Gasteiger partial charge in [-0.05, 0) is 50.0 Å². The second kappa shape index (κ2) is 6.41. The Morgan fingerprint density at radius 3 is 2.06 bits per heavy atom. The zero-order valence-electron chi connectivity index (χ0n) is 12.8. The largest absolute Gasteiger partial charge is 0.316 e. The molecular weight excluding hydrogens is 218 g/mol. The summed E-state index contributed by atoms with van der Waals surface area (Å²) in [7, 11) is 2.21. The highest BCUT2D eigenvalue weighted by Crippen LogP contribution is 2.45. The summed E-state index contributed by atoms with van der Waals surface area (Å²) in [6.07, 6.45) is 14.6. The maximum absolute atomic E-state index is 3.72. The Balaban J connectivity index is 2.05. The van der Waals surface area contributed by atoms with Crippen LogP contribution in [0.4, 0.5) is 0 Å². The predicted octanol–water partition coefficient (Wildman–Crippen LogP) is 4.76. The lowest BCUT2D eigenvalue weighted by Gasteiger charge is -2.46. The van der Waals surface area contributed by atoms with Gasteiger partial charge in [0.15, 0.2) is 0 Å². The Hall–Kier alpha value is -0.0400. The Bertz CT molecular complexity index is 238.